The van der Waals surface area contributed by atoms with Crippen LogP contribution in [0.5, 0.6) is 0 Å². The predicted molar refractivity (Wildman–Crippen MR) is 88.9 cm³/mol. The van der Waals surface area contributed by atoms with Crippen molar-refractivity contribution in [2.24, 2.45) is 0 Å². The van der Waals surface area contributed by atoms with Crippen LogP contribution in [0.25, 0.3) is 11.3 Å². The lowest BCUT2D eigenvalue weighted by atomic mass is 10.1. The second kappa shape index (κ2) is 6.96. The summed E-state index contributed by atoms with van der Waals surface area (Å²) in [4.78, 5) is 18.0. The van der Waals surface area contributed by atoms with Crippen molar-refractivity contribution >= 4 is 5.91 Å². The number of nitrogens with zero attached hydrogens (tertiary/aromatic N) is 2. The summed E-state index contributed by atoms with van der Waals surface area (Å²) in [5.74, 6) is 1.27. The number of amides is 1. The molecule has 1 aromatic heterocycles. The standard InChI is InChI=1S/C18H24N2O3/c1-13-17(14-8-6-5-7-9-14)23-15(19-13)10-11-16(21)20(4)12-18(2,3)22/h5-9,22H,10-12H2,1-4H3. The Hall–Kier alpha value is -2.14. The molecule has 1 aromatic carbocycles. The lowest BCUT2D eigenvalue weighted by Crippen LogP contribution is -2.39. The first kappa shape index (κ1) is 17.2. The van der Waals surface area contributed by atoms with Crippen LogP contribution >= 0.6 is 0 Å². The van der Waals surface area contributed by atoms with Crippen molar-refractivity contribution < 1.29 is 14.3 Å². The van der Waals surface area contributed by atoms with E-state index in [0.717, 1.165) is 17.0 Å². The molecule has 0 fully saturated rings. The number of carbonyl (C=O) groups is 1. The fraction of sp³-hybridized carbons (Fsp3) is 0.444. The highest BCUT2D eigenvalue weighted by Gasteiger charge is 2.20. The Labute approximate surface area is 137 Å². The summed E-state index contributed by atoms with van der Waals surface area (Å²) in [6, 6.07) is 9.80. The molecule has 0 saturated carbocycles. The number of carbonyl (C=O) groups excluding carboxylic acids is 1. The van der Waals surface area contributed by atoms with E-state index in [9.17, 15) is 9.90 Å². The third-order valence-corrected chi connectivity index (χ3v) is 3.48. The van der Waals surface area contributed by atoms with Crippen LogP contribution < -0.4 is 0 Å². The van der Waals surface area contributed by atoms with Gasteiger partial charge in [-0.1, -0.05) is 30.3 Å². The topological polar surface area (TPSA) is 66.6 Å². The van der Waals surface area contributed by atoms with Crippen molar-refractivity contribution in [3.63, 3.8) is 0 Å². The SMILES string of the molecule is Cc1nc(CCC(=O)N(C)CC(C)(C)O)oc1-c1ccccc1. The molecule has 2 aromatic rings. The monoisotopic (exact) mass is 316 g/mol. The zero-order valence-electron chi connectivity index (χ0n) is 14.2. The zero-order chi connectivity index (χ0) is 17.0. The van der Waals surface area contributed by atoms with Gasteiger partial charge in [0.15, 0.2) is 11.7 Å². The number of aryl methyl sites for hydroxylation is 2. The molecule has 2 rings (SSSR count). The van der Waals surface area contributed by atoms with E-state index >= 15 is 0 Å². The molecule has 0 aliphatic carbocycles. The molecule has 1 N–H and O–H groups in total. The van der Waals surface area contributed by atoms with Gasteiger partial charge in [-0.15, -0.1) is 0 Å². The second-order valence-corrected chi connectivity index (χ2v) is 6.45. The normalized spacial score (nSPS) is 11.5. The van der Waals surface area contributed by atoms with Gasteiger partial charge in [-0.3, -0.25) is 4.79 Å². The molecule has 5 nitrogen and oxygen atoms in total. The van der Waals surface area contributed by atoms with Crippen molar-refractivity contribution in [2.45, 2.75) is 39.2 Å². The third-order valence-electron chi connectivity index (χ3n) is 3.48. The number of hydrogen-bond donors (Lipinski definition) is 1. The number of hydrogen-bond acceptors (Lipinski definition) is 4. The van der Waals surface area contributed by atoms with Gasteiger partial charge < -0.3 is 14.4 Å². The van der Waals surface area contributed by atoms with E-state index < -0.39 is 5.60 Å². The average molecular weight is 316 g/mol. The Kier molecular flexibility index (Phi) is 5.21. The van der Waals surface area contributed by atoms with Crippen molar-refractivity contribution in [1.82, 2.24) is 9.88 Å². The molecular formula is C18H24N2O3. The summed E-state index contributed by atoms with van der Waals surface area (Å²) in [6.07, 6.45) is 0.753. The molecule has 23 heavy (non-hydrogen) atoms. The Bertz CT molecular complexity index is 657. The molecule has 0 bridgehead atoms. The van der Waals surface area contributed by atoms with Crippen molar-refractivity contribution in [3.05, 3.63) is 41.9 Å². The summed E-state index contributed by atoms with van der Waals surface area (Å²) >= 11 is 0. The van der Waals surface area contributed by atoms with Gasteiger partial charge in [0.2, 0.25) is 5.91 Å². The molecule has 0 spiro atoms. The number of benzene rings is 1. The lowest BCUT2D eigenvalue weighted by Gasteiger charge is -2.25. The Morgan fingerprint density at radius 1 is 1.30 bits per heavy atom. The van der Waals surface area contributed by atoms with Gasteiger partial charge in [-0.25, -0.2) is 4.98 Å². The van der Waals surface area contributed by atoms with Crippen LogP contribution in [0.4, 0.5) is 0 Å². The van der Waals surface area contributed by atoms with Crippen LogP contribution in [-0.4, -0.2) is 40.1 Å². The van der Waals surface area contributed by atoms with Gasteiger partial charge in [-0.2, -0.15) is 0 Å². The van der Waals surface area contributed by atoms with E-state index in [1.165, 1.54) is 4.90 Å². The number of rotatable bonds is 6. The minimum atomic E-state index is -0.898. The van der Waals surface area contributed by atoms with E-state index in [4.69, 9.17) is 4.42 Å². The first-order valence-electron chi connectivity index (χ1n) is 7.74. The Balaban J connectivity index is 1.98. The number of aliphatic hydroxyl groups is 1. The van der Waals surface area contributed by atoms with Crippen LogP contribution in [0.2, 0.25) is 0 Å². The number of oxazole rings is 1. The highest BCUT2D eigenvalue weighted by molar-refractivity contribution is 5.76. The molecule has 0 unspecified atom stereocenters. The quantitative estimate of drug-likeness (QED) is 0.890. The highest BCUT2D eigenvalue weighted by Crippen LogP contribution is 2.24. The zero-order valence-corrected chi connectivity index (χ0v) is 14.2. The largest absolute Gasteiger partial charge is 0.440 e. The Morgan fingerprint density at radius 3 is 2.57 bits per heavy atom. The molecule has 0 aliphatic heterocycles. The van der Waals surface area contributed by atoms with Gasteiger partial charge in [0, 0.05) is 32.0 Å². The lowest BCUT2D eigenvalue weighted by molar-refractivity contribution is -0.132. The molecule has 0 saturated heterocycles. The smallest absolute Gasteiger partial charge is 0.222 e. The van der Waals surface area contributed by atoms with E-state index in [1.807, 2.05) is 37.3 Å². The highest BCUT2D eigenvalue weighted by atomic mass is 16.4. The van der Waals surface area contributed by atoms with Gasteiger partial charge in [0.25, 0.3) is 0 Å². The van der Waals surface area contributed by atoms with E-state index in [-0.39, 0.29) is 5.91 Å². The summed E-state index contributed by atoms with van der Waals surface area (Å²) in [5, 5.41) is 9.76. The fourth-order valence-corrected chi connectivity index (χ4v) is 2.49. The van der Waals surface area contributed by atoms with Crippen LogP contribution in [0.1, 0.15) is 31.9 Å². The number of likely N-dealkylation sites (N-methyl/N-ethyl adjacent to an activating group) is 1. The van der Waals surface area contributed by atoms with Gasteiger partial charge in [0.05, 0.1) is 11.3 Å². The van der Waals surface area contributed by atoms with Gasteiger partial charge in [0.1, 0.15) is 0 Å². The van der Waals surface area contributed by atoms with E-state index in [0.29, 0.717) is 25.3 Å². The van der Waals surface area contributed by atoms with Crippen LogP contribution in [-0.2, 0) is 11.2 Å². The minimum Gasteiger partial charge on any atom is -0.440 e. The molecular weight excluding hydrogens is 292 g/mol. The molecule has 124 valence electrons. The van der Waals surface area contributed by atoms with E-state index in [2.05, 4.69) is 4.98 Å². The summed E-state index contributed by atoms with van der Waals surface area (Å²) in [6.45, 7) is 5.56. The molecule has 1 amide bonds. The first-order chi connectivity index (χ1) is 10.8. The van der Waals surface area contributed by atoms with Crippen molar-refractivity contribution in [3.8, 4) is 11.3 Å². The average Bonchev–Trinajstić information content (AvgIpc) is 2.85. The van der Waals surface area contributed by atoms with Gasteiger partial charge >= 0.3 is 0 Å². The molecule has 0 atom stereocenters. The minimum absolute atomic E-state index is 0.0377. The van der Waals surface area contributed by atoms with Crippen LogP contribution in [0, 0.1) is 6.92 Å². The summed E-state index contributed by atoms with van der Waals surface area (Å²) < 4.78 is 5.80. The summed E-state index contributed by atoms with van der Waals surface area (Å²) in [7, 11) is 1.69. The molecule has 1 heterocycles. The fourth-order valence-electron chi connectivity index (χ4n) is 2.49. The maximum absolute atomic E-state index is 12.1. The third kappa shape index (κ3) is 4.93. The van der Waals surface area contributed by atoms with E-state index in [1.54, 1.807) is 20.9 Å². The first-order valence-corrected chi connectivity index (χ1v) is 7.74. The van der Waals surface area contributed by atoms with Crippen molar-refractivity contribution in [2.75, 3.05) is 13.6 Å². The molecule has 5 heteroatoms. The predicted octanol–water partition coefficient (Wildman–Crippen LogP) is 2.81. The summed E-state index contributed by atoms with van der Waals surface area (Å²) in [5.41, 5.74) is 0.905. The molecule has 0 radical (unpaired) electrons. The molecule has 0 aliphatic rings. The number of aromatic nitrogens is 1. The van der Waals surface area contributed by atoms with Crippen molar-refractivity contribution in [1.29, 1.82) is 0 Å². The van der Waals surface area contributed by atoms with Gasteiger partial charge in [-0.05, 0) is 20.8 Å². The second-order valence-electron chi connectivity index (χ2n) is 6.45. The van der Waals surface area contributed by atoms with Crippen LogP contribution in [0.3, 0.4) is 0 Å². The maximum Gasteiger partial charge on any atom is 0.222 e. The Morgan fingerprint density at radius 2 is 1.96 bits per heavy atom. The van der Waals surface area contributed by atoms with Crippen LogP contribution in [0.15, 0.2) is 34.7 Å². The maximum atomic E-state index is 12.1.